The third-order valence-electron chi connectivity index (χ3n) is 4.56. The van der Waals surface area contributed by atoms with Gasteiger partial charge >= 0.3 is 5.97 Å². The van der Waals surface area contributed by atoms with E-state index in [4.69, 9.17) is 4.74 Å². The molecule has 0 bridgehead atoms. The van der Waals surface area contributed by atoms with Crippen LogP contribution in [0.5, 0.6) is 0 Å². The normalized spacial score (nSPS) is 14.3. The lowest BCUT2D eigenvalue weighted by molar-refractivity contribution is -0.147. The first-order valence-corrected chi connectivity index (χ1v) is 9.75. The molecule has 1 aromatic carbocycles. The van der Waals surface area contributed by atoms with Crippen molar-refractivity contribution in [3.05, 3.63) is 35.2 Å². The van der Waals surface area contributed by atoms with Crippen molar-refractivity contribution >= 4 is 28.3 Å². The van der Waals surface area contributed by atoms with Gasteiger partial charge in [-0.1, -0.05) is 25.7 Å². The van der Waals surface area contributed by atoms with Crippen molar-refractivity contribution < 1.29 is 23.1 Å². The summed E-state index contributed by atoms with van der Waals surface area (Å²) in [5.41, 5.74) is 0.826. The van der Waals surface area contributed by atoms with E-state index in [0.29, 0.717) is 28.7 Å². The molecule has 0 saturated heterocycles. The predicted octanol–water partition coefficient (Wildman–Crippen LogP) is 4.54. The molecule has 1 aromatic heterocycles. The molecule has 1 aliphatic carbocycles. The number of rotatable bonds is 7. The van der Waals surface area contributed by atoms with Crippen LogP contribution < -0.4 is 5.32 Å². The van der Waals surface area contributed by atoms with E-state index in [1.54, 1.807) is 5.38 Å². The van der Waals surface area contributed by atoms with Crippen molar-refractivity contribution in [1.29, 1.82) is 0 Å². The maximum Gasteiger partial charge on any atom is 0.306 e. The maximum atomic E-state index is 13.3. The van der Waals surface area contributed by atoms with Crippen LogP contribution in [-0.2, 0) is 14.3 Å². The van der Waals surface area contributed by atoms with Gasteiger partial charge in [0.05, 0.1) is 5.69 Å². The largest absolute Gasteiger partial charge is 0.456 e. The number of halogens is 2. The van der Waals surface area contributed by atoms with Crippen molar-refractivity contribution in [2.24, 2.45) is 5.92 Å². The smallest absolute Gasteiger partial charge is 0.306 e. The van der Waals surface area contributed by atoms with Gasteiger partial charge in [-0.2, -0.15) is 0 Å². The first-order chi connectivity index (χ1) is 13.0. The topological polar surface area (TPSA) is 68.3 Å². The molecule has 1 heterocycles. The van der Waals surface area contributed by atoms with Gasteiger partial charge in [0.25, 0.3) is 5.91 Å². The van der Waals surface area contributed by atoms with Gasteiger partial charge in [0.15, 0.2) is 23.4 Å². The minimum atomic E-state index is -0.962. The SMILES string of the molecule is O=C(COC(=O)CCC1CCCC1)Nc1nc(-c2ccc(F)c(F)c2)cs1. The molecule has 0 atom stereocenters. The van der Waals surface area contributed by atoms with E-state index in [9.17, 15) is 18.4 Å². The third-order valence-corrected chi connectivity index (χ3v) is 5.32. The Morgan fingerprint density at radius 3 is 2.74 bits per heavy atom. The molecule has 27 heavy (non-hydrogen) atoms. The van der Waals surface area contributed by atoms with Gasteiger partial charge in [0.2, 0.25) is 0 Å². The summed E-state index contributed by atoms with van der Waals surface area (Å²) >= 11 is 1.14. The molecule has 8 heteroatoms. The standard InChI is InChI=1S/C19H20F2N2O3S/c20-14-7-6-13(9-15(14)21)16-11-27-19(22-16)23-17(24)10-26-18(25)8-5-12-3-1-2-4-12/h6-7,9,11-12H,1-5,8,10H2,(H,22,23,24). The fourth-order valence-electron chi connectivity index (χ4n) is 3.11. The summed E-state index contributed by atoms with van der Waals surface area (Å²) in [5, 5.41) is 4.45. The number of carbonyl (C=O) groups excluding carboxylic acids is 2. The van der Waals surface area contributed by atoms with E-state index >= 15 is 0 Å². The Balaban J connectivity index is 1.44. The van der Waals surface area contributed by atoms with E-state index in [1.807, 2.05) is 0 Å². The van der Waals surface area contributed by atoms with Gasteiger partial charge in [-0.15, -0.1) is 11.3 Å². The number of ether oxygens (including phenoxy) is 1. The minimum absolute atomic E-state index is 0.293. The zero-order valence-corrected chi connectivity index (χ0v) is 15.5. The Kier molecular flexibility index (Phi) is 6.49. The van der Waals surface area contributed by atoms with Crippen LogP contribution >= 0.6 is 11.3 Å². The van der Waals surface area contributed by atoms with Crippen LogP contribution in [0.3, 0.4) is 0 Å². The monoisotopic (exact) mass is 394 g/mol. The van der Waals surface area contributed by atoms with Crippen molar-refractivity contribution in [2.75, 3.05) is 11.9 Å². The number of aromatic nitrogens is 1. The summed E-state index contributed by atoms with van der Waals surface area (Å²) in [4.78, 5) is 27.8. The number of hydrogen-bond acceptors (Lipinski definition) is 5. The van der Waals surface area contributed by atoms with Gasteiger partial charge in [-0.3, -0.25) is 14.9 Å². The quantitative estimate of drug-likeness (QED) is 0.700. The number of hydrogen-bond donors (Lipinski definition) is 1. The molecule has 3 rings (SSSR count). The number of amides is 1. The van der Waals surface area contributed by atoms with E-state index in [1.165, 1.54) is 18.9 Å². The Hall–Kier alpha value is -2.35. The minimum Gasteiger partial charge on any atom is -0.456 e. The van der Waals surface area contributed by atoms with Gasteiger partial charge in [0, 0.05) is 17.4 Å². The molecule has 0 aliphatic heterocycles. The molecular weight excluding hydrogens is 374 g/mol. The molecular formula is C19H20F2N2O3S. The fourth-order valence-corrected chi connectivity index (χ4v) is 3.85. The zero-order chi connectivity index (χ0) is 19.2. The molecule has 1 amide bonds. The number of nitrogens with one attached hydrogen (secondary N) is 1. The Morgan fingerprint density at radius 2 is 2.00 bits per heavy atom. The lowest BCUT2D eigenvalue weighted by atomic mass is 10.0. The summed E-state index contributed by atoms with van der Waals surface area (Å²) in [6, 6.07) is 3.47. The molecule has 0 unspecified atom stereocenters. The number of benzene rings is 1. The van der Waals surface area contributed by atoms with Crippen molar-refractivity contribution in [3.63, 3.8) is 0 Å². The Morgan fingerprint density at radius 1 is 1.22 bits per heavy atom. The van der Waals surface area contributed by atoms with Crippen molar-refractivity contribution in [3.8, 4) is 11.3 Å². The van der Waals surface area contributed by atoms with Crippen LogP contribution in [0.2, 0.25) is 0 Å². The molecule has 1 N–H and O–H groups in total. The van der Waals surface area contributed by atoms with E-state index < -0.39 is 17.5 Å². The summed E-state index contributed by atoms with van der Waals surface area (Å²) in [7, 11) is 0. The molecule has 5 nitrogen and oxygen atoms in total. The zero-order valence-electron chi connectivity index (χ0n) is 14.7. The Bertz CT molecular complexity index is 819. The highest BCUT2D eigenvalue weighted by Crippen LogP contribution is 2.28. The molecule has 2 aromatic rings. The first-order valence-electron chi connectivity index (χ1n) is 8.87. The van der Waals surface area contributed by atoms with Crippen LogP contribution in [0.1, 0.15) is 38.5 Å². The highest BCUT2D eigenvalue weighted by molar-refractivity contribution is 7.14. The van der Waals surface area contributed by atoms with Crippen LogP contribution in [0.4, 0.5) is 13.9 Å². The molecule has 1 aliphatic rings. The number of esters is 1. The fraction of sp³-hybridized carbons (Fsp3) is 0.421. The second-order valence-electron chi connectivity index (χ2n) is 6.56. The summed E-state index contributed by atoms with van der Waals surface area (Å²) in [5.74, 6) is -2.17. The Labute approximate surface area is 159 Å². The highest BCUT2D eigenvalue weighted by atomic mass is 32.1. The summed E-state index contributed by atoms with van der Waals surface area (Å²) in [6.07, 6.45) is 5.92. The molecule has 144 valence electrons. The number of anilines is 1. The molecule has 1 saturated carbocycles. The van der Waals surface area contributed by atoms with E-state index in [0.717, 1.165) is 42.7 Å². The first kappa shape index (κ1) is 19.4. The summed E-state index contributed by atoms with van der Waals surface area (Å²) in [6.45, 7) is -0.371. The lowest BCUT2D eigenvalue weighted by Crippen LogP contribution is -2.21. The second kappa shape index (κ2) is 9.03. The molecule has 0 spiro atoms. The second-order valence-corrected chi connectivity index (χ2v) is 7.42. The van der Waals surface area contributed by atoms with Crippen LogP contribution in [0, 0.1) is 17.6 Å². The van der Waals surface area contributed by atoms with Crippen LogP contribution in [0.25, 0.3) is 11.3 Å². The van der Waals surface area contributed by atoms with Crippen LogP contribution in [-0.4, -0.2) is 23.5 Å². The average molecular weight is 394 g/mol. The highest BCUT2D eigenvalue weighted by Gasteiger charge is 2.17. The molecule has 1 fully saturated rings. The van der Waals surface area contributed by atoms with E-state index in [2.05, 4.69) is 10.3 Å². The lowest BCUT2D eigenvalue weighted by Gasteiger charge is -2.08. The number of carbonyl (C=O) groups is 2. The van der Waals surface area contributed by atoms with Crippen molar-refractivity contribution in [2.45, 2.75) is 38.5 Å². The van der Waals surface area contributed by atoms with Gasteiger partial charge in [-0.05, 0) is 30.5 Å². The molecule has 0 radical (unpaired) electrons. The van der Waals surface area contributed by atoms with E-state index in [-0.39, 0.29) is 12.6 Å². The average Bonchev–Trinajstić information content (AvgIpc) is 3.32. The predicted molar refractivity (Wildman–Crippen MR) is 98.2 cm³/mol. The number of thiazole rings is 1. The van der Waals surface area contributed by atoms with Gasteiger partial charge in [0.1, 0.15) is 0 Å². The summed E-state index contributed by atoms with van der Waals surface area (Å²) < 4.78 is 31.3. The van der Waals surface area contributed by atoms with Gasteiger partial charge < -0.3 is 4.74 Å². The third kappa shape index (κ3) is 5.56. The van der Waals surface area contributed by atoms with Crippen LogP contribution in [0.15, 0.2) is 23.6 Å². The number of nitrogens with zero attached hydrogens (tertiary/aromatic N) is 1. The van der Waals surface area contributed by atoms with Gasteiger partial charge in [-0.25, -0.2) is 13.8 Å². The maximum absolute atomic E-state index is 13.3. The van der Waals surface area contributed by atoms with Crippen molar-refractivity contribution in [1.82, 2.24) is 4.98 Å².